The largest absolute Gasteiger partial charge is 0.388 e. The highest BCUT2D eigenvalue weighted by Crippen LogP contribution is 2.35. The maximum absolute atomic E-state index is 13.6. The van der Waals surface area contributed by atoms with E-state index in [9.17, 15) is 9.50 Å². The van der Waals surface area contributed by atoms with Crippen LogP contribution in [0.3, 0.4) is 0 Å². The van der Waals surface area contributed by atoms with Gasteiger partial charge in [0, 0.05) is 9.79 Å². The van der Waals surface area contributed by atoms with Gasteiger partial charge in [0.05, 0.1) is 6.10 Å². The molecular weight excluding hydrogens is 247 g/mol. The Morgan fingerprint density at radius 3 is 2.33 bits per heavy atom. The second kappa shape index (κ2) is 6.03. The van der Waals surface area contributed by atoms with Gasteiger partial charge in [0.2, 0.25) is 0 Å². The van der Waals surface area contributed by atoms with Crippen LogP contribution in [0.2, 0.25) is 0 Å². The Morgan fingerprint density at radius 2 is 1.67 bits per heavy atom. The van der Waals surface area contributed by atoms with Crippen molar-refractivity contribution in [2.45, 2.75) is 29.2 Å². The van der Waals surface area contributed by atoms with Crippen molar-refractivity contribution >= 4 is 11.8 Å². The zero-order valence-electron chi connectivity index (χ0n) is 10.1. The highest BCUT2D eigenvalue weighted by molar-refractivity contribution is 7.99. The van der Waals surface area contributed by atoms with Gasteiger partial charge in [-0.3, -0.25) is 0 Å². The number of benzene rings is 2. The van der Waals surface area contributed by atoms with E-state index in [0.29, 0.717) is 11.3 Å². The predicted molar refractivity (Wildman–Crippen MR) is 72.2 cm³/mol. The molecule has 0 fully saturated rings. The second-order valence-corrected chi connectivity index (χ2v) is 5.08. The van der Waals surface area contributed by atoms with E-state index in [2.05, 4.69) is 0 Å². The summed E-state index contributed by atoms with van der Waals surface area (Å²) in [6.07, 6.45) is 0.148. The molecule has 2 rings (SSSR count). The van der Waals surface area contributed by atoms with Crippen LogP contribution in [-0.4, -0.2) is 5.11 Å². The Labute approximate surface area is 111 Å². The van der Waals surface area contributed by atoms with Crippen LogP contribution in [0, 0.1) is 5.82 Å². The first-order chi connectivity index (χ1) is 8.72. The van der Waals surface area contributed by atoms with Crippen LogP contribution in [-0.2, 0) is 0 Å². The molecule has 2 aromatic carbocycles. The van der Waals surface area contributed by atoms with Crippen LogP contribution in [0.1, 0.15) is 25.0 Å². The zero-order chi connectivity index (χ0) is 13.0. The third-order valence-corrected chi connectivity index (χ3v) is 3.86. The van der Waals surface area contributed by atoms with Gasteiger partial charge in [-0.15, -0.1) is 0 Å². The van der Waals surface area contributed by atoms with E-state index in [1.807, 2.05) is 37.3 Å². The standard InChI is InChI=1S/C15H15FOS/c1-2-13(17)11-7-3-5-9-14(11)18-15-10-6-4-8-12(15)16/h3-10,13,17H,2H2,1H3/t13-/m1/s1. The van der Waals surface area contributed by atoms with Gasteiger partial charge in [-0.05, 0) is 30.2 Å². The summed E-state index contributed by atoms with van der Waals surface area (Å²) in [5.41, 5.74) is 0.855. The topological polar surface area (TPSA) is 20.2 Å². The molecule has 1 nitrogen and oxygen atoms in total. The molecule has 1 N–H and O–H groups in total. The Kier molecular flexibility index (Phi) is 4.39. The lowest BCUT2D eigenvalue weighted by molar-refractivity contribution is 0.171. The normalized spacial score (nSPS) is 12.4. The first kappa shape index (κ1) is 13.1. The van der Waals surface area contributed by atoms with E-state index in [1.54, 1.807) is 12.1 Å². The Hall–Kier alpha value is -1.32. The SMILES string of the molecule is CC[C@@H](O)c1ccccc1Sc1ccccc1F. The van der Waals surface area contributed by atoms with Crippen molar-refractivity contribution in [3.05, 3.63) is 59.9 Å². The summed E-state index contributed by atoms with van der Waals surface area (Å²) in [5, 5.41) is 9.95. The highest BCUT2D eigenvalue weighted by atomic mass is 32.2. The average molecular weight is 262 g/mol. The molecule has 0 amide bonds. The molecule has 0 saturated heterocycles. The molecular formula is C15H15FOS. The second-order valence-electron chi connectivity index (χ2n) is 3.99. The van der Waals surface area contributed by atoms with Crippen LogP contribution in [0.5, 0.6) is 0 Å². The van der Waals surface area contributed by atoms with E-state index in [4.69, 9.17) is 0 Å². The molecule has 0 aromatic heterocycles. The summed E-state index contributed by atoms with van der Waals surface area (Å²) < 4.78 is 13.6. The van der Waals surface area contributed by atoms with Crippen LogP contribution < -0.4 is 0 Å². The maximum Gasteiger partial charge on any atom is 0.137 e. The number of hydrogen-bond donors (Lipinski definition) is 1. The first-order valence-electron chi connectivity index (χ1n) is 5.91. The minimum Gasteiger partial charge on any atom is -0.388 e. The molecule has 94 valence electrons. The van der Waals surface area contributed by atoms with Gasteiger partial charge in [0.1, 0.15) is 5.82 Å². The van der Waals surface area contributed by atoms with Gasteiger partial charge < -0.3 is 5.11 Å². The van der Waals surface area contributed by atoms with Gasteiger partial charge >= 0.3 is 0 Å². The molecule has 0 spiro atoms. The van der Waals surface area contributed by atoms with Crippen molar-refractivity contribution in [1.29, 1.82) is 0 Å². The van der Waals surface area contributed by atoms with Crippen molar-refractivity contribution in [3.8, 4) is 0 Å². The van der Waals surface area contributed by atoms with E-state index in [0.717, 1.165) is 10.5 Å². The van der Waals surface area contributed by atoms with Gasteiger partial charge in [-0.2, -0.15) is 0 Å². The Balaban J connectivity index is 2.32. The lowest BCUT2D eigenvalue weighted by Gasteiger charge is -2.13. The fourth-order valence-electron chi connectivity index (χ4n) is 1.71. The molecule has 0 unspecified atom stereocenters. The molecule has 0 heterocycles. The molecule has 0 radical (unpaired) electrons. The van der Waals surface area contributed by atoms with Crippen molar-refractivity contribution in [2.75, 3.05) is 0 Å². The van der Waals surface area contributed by atoms with Crippen LogP contribution in [0.15, 0.2) is 58.3 Å². The summed E-state index contributed by atoms with van der Waals surface area (Å²) in [7, 11) is 0. The van der Waals surface area contributed by atoms with Crippen molar-refractivity contribution in [3.63, 3.8) is 0 Å². The van der Waals surface area contributed by atoms with Gasteiger partial charge in [-0.25, -0.2) is 4.39 Å². The van der Waals surface area contributed by atoms with Crippen LogP contribution in [0.25, 0.3) is 0 Å². The summed E-state index contributed by atoms with van der Waals surface area (Å²) in [5.74, 6) is -0.233. The summed E-state index contributed by atoms with van der Waals surface area (Å²) in [6.45, 7) is 1.93. The molecule has 0 saturated carbocycles. The van der Waals surface area contributed by atoms with Crippen molar-refractivity contribution < 1.29 is 9.50 Å². The number of halogens is 1. The quantitative estimate of drug-likeness (QED) is 0.880. The molecule has 18 heavy (non-hydrogen) atoms. The Bertz CT molecular complexity index is 527. The van der Waals surface area contributed by atoms with E-state index >= 15 is 0 Å². The smallest absolute Gasteiger partial charge is 0.137 e. The maximum atomic E-state index is 13.6. The van der Waals surface area contributed by atoms with Crippen LogP contribution >= 0.6 is 11.8 Å². The molecule has 0 aliphatic heterocycles. The molecule has 0 aliphatic carbocycles. The number of hydrogen-bond acceptors (Lipinski definition) is 2. The highest BCUT2D eigenvalue weighted by Gasteiger charge is 2.12. The van der Waals surface area contributed by atoms with Gasteiger partial charge in [0.15, 0.2) is 0 Å². The van der Waals surface area contributed by atoms with E-state index in [-0.39, 0.29) is 5.82 Å². The molecule has 3 heteroatoms. The molecule has 0 aliphatic rings. The predicted octanol–water partition coefficient (Wildman–Crippen LogP) is 4.42. The number of aliphatic hydroxyl groups excluding tert-OH is 1. The Morgan fingerprint density at radius 1 is 1.06 bits per heavy atom. The van der Waals surface area contributed by atoms with Gasteiger partial charge in [-0.1, -0.05) is 49.0 Å². The van der Waals surface area contributed by atoms with Crippen LogP contribution in [0.4, 0.5) is 4.39 Å². The summed E-state index contributed by atoms with van der Waals surface area (Å²) in [4.78, 5) is 1.48. The number of aliphatic hydroxyl groups is 1. The summed E-state index contributed by atoms with van der Waals surface area (Å²) in [6, 6.07) is 14.3. The third-order valence-electron chi connectivity index (χ3n) is 2.72. The average Bonchev–Trinajstić information content (AvgIpc) is 2.41. The van der Waals surface area contributed by atoms with Crippen molar-refractivity contribution in [2.24, 2.45) is 0 Å². The minimum atomic E-state index is -0.500. The van der Waals surface area contributed by atoms with E-state index in [1.165, 1.54) is 17.8 Å². The summed E-state index contributed by atoms with van der Waals surface area (Å²) >= 11 is 1.35. The monoisotopic (exact) mass is 262 g/mol. The fourth-order valence-corrected chi connectivity index (χ4v) is 2.73. The third kappa shape index (κ3) is 2.92. The molecule has 2 aromatic rings. The van der Waals surface area contributed by atoms with Gasteiger partial charge in [0.25, 0.3) is 0 Å². The molecule has 0 bridgehead atoms. The lowest BCUT2D eigenvalue weighted by Crippen LogP contribution is -1.97. The first-order valence-corrected chi connectivity index (χ1v) is 6.73. The van der Waals surface area contributed by atoms with Crippen molar-refractivity contribution in [1.82, 2.24) is 0 Å². The molecule has 1 atom stereocenters. The number of rotatable bonds is 4. The minimum absolute atomic E-state index is 0.233. The fraction of sp³-hybridized carbons (Fsp3) is 0.200. The lowest BCUT2D eigenvalue weighted by atomic mass is 10.1. The van der Waals surface area contributed by atoms with E-state index < -0.39 is 6.10 Å². The zero-order valence-corrected chi connectivity index (χ0v) is 11.0.